The molecule has 23 nitrogen and oxygen atoms in total. The number of aryl methyl sites for hydroxylation is 1. The van der Waals surface area contributed by atoms with E-state index in [-0.39, 0.29) is 44.5 Å². The summed E-state index contributed by atoms with van der Waals surface area (Å²) < 4.78 is 43.5. The van der Waals surface area contributed by atoms with Crippen molar-refractivity contribution in [3.63, 3.8) is 0 Å². The summed E-state index contributed by atoms with van der Waals surface area (Å²) in [5.41, 5.74) is 0.412. The highest BCUT2D eigenvalue weighted by molar-refractivity contribution is 7.85. The minimum Gasteiger partial charge on any atom is -0.479 e. The minimum atomic E-state index is -4.24. The average Bonchev–Trinajstić information content (AvgIpc) is 3.81. The lowest BCUT2D eigenvalue weighted by Gasteiger charge is -2.39. The second-order valence-electron chi connectivity index (χ2n) is 17.2. The van der Waals surface area contributed by atoms with Crippen molar-refractivity contribution in [2.24, 2.45) is 11.3 Å². The second kappa shape index (κ2) is 21.5. The summed E-state index contributed by atoms with van der Waals surface area (Å²) in [6.07, 6.45) is -1.96. The number of aliphatic hydroxyl groups excluding tert-OH is 3. The zero-order chi connectivity index (χ0) is 47.8. The zero-order valence-electron chi connectivity index (χ0n) is 36.2. The topological polar surface area (TPSA) is 343 Å². The lowest BCUT2D eigenvalue weighted by atomic mass is 9.87. The molecule has 3 aliphatic rings. The van der Waals surface area contributed by atoms with Gasteiger partial charge in [0.05, 0.1) is 42.0 Å². The molecule has 0 radical (unpaired) electrons. The number of nitrogens with one attached hydrogen (secondary N) is 3. The molecule has 64 heavy (non-hydrogen) atoms. The standard InChI is InChI=1S/C40H57N7O16S/c1-20(2)31(43-28(48)17-26(47-29(49)12-13-30(47)50)25-18-46(45-44-25)14-7-15-64(59,60)61)37(55)41-21(3)36(54)42-24-10-8-23(19-62-39(58)40(4,5)6)22(16-24)9-11-27-32(51)33(52)34(53)35(63-27)38(56)57/h8,10,12-13,18,20-21,24,26-27,31-35,51-53H,7,9,11,14-17,19H2,1-6H3,(H,41,55)(H,42,54)(H,43,48)(H,56,57)(H,59,60,61)/t21-,24?,26-,27-,31-,32-,33+,34-,35-/m0/s1. The molecule has 1 fully saturated rings. The Kier molecular flexibility index (Phi) is 17.2. The Morgan fingerprint density at radius 2 is 1.62 bits per heavy atom. The van der Waals surface area contributed by atoms with Crippen molar-refractivity contribution >= 4 is 51.6 Å². The van der Waals surface area contributed by atoms with E-state index >= 15 is 0 Å². The van der Waals surface area contributed by atoms with Gasteiger partial charge in [0.15, 0.2) is 6.10 Å². The van der Waals surface area contributed by atoms with Crippen LogP contribution in [0.25, 0.3) is 0 Å². The number of rotatable bonds is 20. The number of carboxylic acids is 1. The molecule has 1 aliphatic carbocycles. The van der Waals surface area contributed by atoms with Crippen LogP contribution in [0.2, 0.25) is 0 Å². The van der Waals surface area contributed by atoms with E-state index in [1.165, 1.54) is 17.8 Å². The molecule has 1 unspecified atom stereocenters. The third-order valence-corrected chi connectivity index (χ3v) is 11.5. The third-order valence-electron chi connectivity index (χ3n) is 10.7. The number of hydrogen-bond donors (Lipinski definition) is 8. The fourth-order valence-corrected chi connectivity index (χ4v) is 7.54. The molecule has 1 aromatic rings. The van der Waals surface area contributed by atoms with Gasteiger partial charge in [0.2, 0.25) is 17.7 Å². The van der Waals surface area contributed by atoms with Crippen molar-refractivity contribution in [1.82, 2.24) is 35.8 Å². The minimum absolute atomic E-state index is 0.00642. The molecule has 0 spiro atoms. The molecule has 5 amide bonds. The number of aliphatic hydroxyl groups is 3. The fraction of sp³-hybridized carbons (Fsp3) is 0.625. The molecule has 2 aliphatic heterocycles. The van der Waals surface area contributed by atoms with Gasteiger partial charge in [-0.2, -0.15) is 8.42 Å². The van der Waals surface area contributed by atoms with Crippen molar-refractivity contribution in [2.75, 3.05) is 12.4 Å². The smallest absolute Gasteiger partial charge is 0.335 e. The number of carbonyl (C=O) groups is 7. The molecule has 0 aromatic carbocycles. The molecule has 1 saturated heterocycles. The van der Waals surface area contributed by atoms with Crippen LogP contribution in [0, 0.1) is 11.3 Å². The highest BCUT2D eigenvalue weighted by Crippen LogP contribution is 2.31. The van der Waals surface area contributed by atoms with Crippen LogP contribution in [0.1, 0.15) is 85.4 Å². The summed E-state index contributed by atoms with van der Waals surface area (Å²) in [6.45, 7) is 9.59. The molecule has 1 aromatic heterocycles. The van der Waals surface area contributed by atoms with Gasteiger partial charge in [-0.15, -0.1) is 5.10 Å². The molecule has 0 saturated carbocycles. The number of nitrogens with zero attached hydrogens (tertiary/aromatic N) is 4. The molecule has 4 rings (SSSR count). The maximum Gasteiger partial charge on any atom is 0.335 e. The lowest BCUT2D eigenvalue weighted by molar-refractivity contribution is -0.228. The Balaban J connectivity index is 1.41. The Labute approximate surface area is 369 Å². The number of aromatic nitrogens is 3. The number of hydrogen-bond acceptors (Lipinski definition) is 16. The number of imide groups is 1. The summed E-state index contributed by atoms with van der Waals surface area (Å²) in [7, 11) is -4.24. The fourth-order valence-electron chi connectivity index (χ4n) is 7.05. The van der Waals surface area contributed by atoms with E-state index < -0.39 is 130 Å². The van der Waals surface area contributed by atoms with E-state index in [4.69, 9.17) is 14.0 Å². The van der Waals surface area contributed by atoms with Crippen LogP contribution >= 0.6 is 0 Å². The van der Waals surface area contributed by atoms with Crippen molar-refractivity contribution in [2.45, 2.75) is 135 Å². The van der Waals surface area contributed by atoms with Gasteiger partial charge in [-0.05, 0) is 64.9 Å². The number of amides is 5. The van der Waals surface area contributed by atoms with Crippen LogP contribution in [0.4, 0.5) is 0 Å². The van der Waals surface area contributed by atoms with Crippen LogP contribution in [-0.2, 0) is 59.7 Å². The van der Waals surface area contributed by atoms with Gasteiger partial charge >= 0.3 is 11.9 Å². The normalized spacial score (nSPS) is 24.1. The number of aliphatic carboxylic acids is 1. The highest BCUT2D eigenvalue weighted by Gasteiger charge is 2.47. The highest BCUT2D eigenvalue weighted by atomic mass is 32.2. The van der Waals surface area contributed by atoms with Gasteiger partial charge in [0, 0.05) is 18.7 Å². The van der Waals surface area contributed by atoms with Gasteiger partial charge in [0.25, 0.3) is 21.9 Å². The maximum absolute atomic E-state index is 13.6. The van der Waals surface area contributed by atoms with Crippen LogP contribution in [0.5, 0.6) is 0 Å². The van der Waals surface area contributed by atoms with E-state index in [0.29, 0.717) is 11.1 Å². The van der Waals surface area contributed by atoms with Crippen molar-refractivity contribution in [1.29, 1.82) is 0 Å². The maximum atomic E-state index is 13.6. The Morgan fingerprint density at radius 1 is 0.969 bits per heavy atom. The lowest BCUT2D eigenvalue weighted by Crippen LogP contribution is -2.59. The van der Waals surface area contributed by atoms with Crippen LogP contribution in [-0.4, -0.2) is 156 Å². The number of carboxylic acid groups (broad SMARTS) is 1. The van der Waals surface area contributed by atoms with Crippen molar-refractivity contribution in [3.05, 3.63) is 47.3 Å². The molecule has 0 bridgehead atoms. The number of ether oxygens (including phenoxy) is 2. The Bertz CT molecular complexity index is 2130. The predicted molar refractivity (Wildman–Crippen MR) is 220 cm³/mol. The first-order chi connectivity index (χ1) is 29.8. The van der Waals surface area contributed by atoms with E-state index in [1.807, 2.05) is 0 Å². The summed E-state index contributed by atoms with van der Waals surface area (Å²) in [6, 6.07) is -4.30. The largest absolute Gasteiger partial charge is 0.479 e. The molecule has 9 atom stereocenters. The Morgan fingerprint density at radius 3 is 2.22 bits per heavy atom. The van der Waals surface area contributed by atoms with Crippen molar-refractivity contribution < 1.29 is 76.4 Å². The SMILES string of the molecule is CC(C)[C@H](NC(=O)C[C@@H](c1cn(CCCS(=O)(=O)O)nn1)N1C(=O)C=CC1=O)C(=O)N[C@@H](C)C(=O)NC1C=CC(COC(=O)C(C)(C)C)=C(CC[C@@H]2O[C@H](C(=O)O)[C@@H](O)[C@H](O)[C@H]2O)C1. The van der Waals surface area contributed by atoms with Crippen LogP contribution in [0.3, 0.4) is 0 Å². The van der Waals surface area contributed by atoms with Gasteiger partial charge in [-0.3, -0.25) is 42.9 Å². The van der Waals surface area contributed by atoms with E-state index in [0.717, 1.165) is 17.1 Å². The summed E-state index contributed by atoms with van der Waals surface area (Å²) >= 11 is 0. The van der Waals surface area contributed by atoms with Gasteiger partial charge in [-0.1, -0.05) is 36.8 Å². The van der Waals surface area contributed by atoms with E-state index in [2.05, 4.69) is 26.3 Å². The summed E-state index contributed by atoms with van der Waals surface area (Å²) in [5, 5.41) is 56.4. The van der Waals surface area contributed by atoms with E-state index in [9.17, 15) is 62.4 Å². The average molecular weight is 924 g/mol. The summed E-state index contributed by atoms with van der Waals surface area (Å²) in [5.74, 6) is -6.69. The first kappa shape index (κ1) is 51.2. The quantitative estimate of drug-likeness (QED) is 0.0424. The van der Waals surface area contributed by atoms with Crippen molar-refractivity contribution in [3.8, 4) is 0 Å². The number of esters is 1. The molecular formula is C40H57N7O16S. The molecular weight excluding hydrogens is 867 g/mol. The molecule has 8 N–H and O–H groups in total. The predicted octanol–water partition coefficient (Wildman–Crippen LogP) is -1.40. The first-order valence-corrected chi connectivity index (χ1v) is 22.2. The second-order valence-corrected chi connectivity index (χ2v) is 18.8. The number of carbonyl (C=O) groups excluding carboxylic acids is 6. The summed E-state index contributed by atoms with van der Waals surface area (Å²) in [4.78, 5) is 91.0. The van der Waals surface area contributed by atoms with Crippen LogP contribution in [0.15, 0.2) is 41.6 Å². The molecule has 3 heterocycles. The monoisotopic (exact) mass is 923 g/mol. The van der Waals surface area contributed by atoms with Gasteiger partial charge in [0.1, 0.15) is 42.7 Å². The first-order valence-electron chi connectivity index (χ1n) is 20.6. The molecule has 24 heteroatoms. The Hall–Kier alpha value is -5.40. The molecule has 354 valence electrons. The zero-order valence-corrected chi connectivity index (χ0v) is 37.1. The van der Waals surface area contributed by atoms with Gasteiger partial charge < -0.3 is 45.9 Å². The van der Waals surface area contributed by atoms with E-state index in [1.54, 1.807) is 46.8 Å². The van der Waals surface area contributed by atoms with Gasteiger partial charge in [-0.25, -0.2) is 4.79 Å². The third kappa shape index (κ3) is 13.8. The van der Waals surface area contributed by atoms with Crippen LogP contribution < -0.4 is 16.0 Å².